The highest BCUT2D eigenvalue weighted by Crippen LogP contribution is 2.22. The lowest BCUT2D eigenvalue weighted by atomic mass is 10.2. The van der Waals surface area contributed by atoms with Crippen molar-refractivity contribution in [1.29, 1.82) is 0 Å². The zero-order valence-electron chi connectivity index (χ0n) is 11.7. The second-order valence-corrected chi connectivity index (χ2v) is 5.92. The first-order valence-electron chi connectivity index (χ1n) is 6.45. The summed E-state index contributed by atoms with van der Waals surface area (Å²) in [7, 11) is -1.61. The number of hydrogen-bond donors (Lipinski definition) is 2. The van der Waals surface area contributed by atoms with E-state index in [9.17, 15) is 8.42 Å². The van der Waals surface area contributed by atoms with E-state index >= 15 is 0 Å². The Morgan fingerprint density at radius 3 is 2.58 bits per heavy atom. The van der Waals surface area contributed by atoms with Crippen molar-refractivity contribution in [3.8, 4) is 5.75 Å². The molecule has 19 heavy (non-hydrogen) atoms. The van der Waals surface area contributed by atoms with Gasteiger partial charge in [-0.2, -0.15) is 0 Å². The van der Waals surface area contributed by atoms with E-state index in [2.05, 4.69) is 10.0 Å². The van der Waals surface area contributed by atoms with Crippen LogP contribution in [0.3, 0.4) is 0 Å². The van der Waals surface area contributed by atoms with Gasteiger partial charge in [-0.3, -0.25) is 0 Å². The van der Waals surface area contributed by atoms with Crippen LogP contribution in [0.1, 0.15) is 25.8 Å². The maximum Gasteiger partial charge on any atom is 0.240 e. The van der Waals surface area contributed by atoms with E-state index in [4.69, 9.17) is 4.74 Å². The van der Waals surface area contributed by atoms with E-state index in [1.165, 1.54) is 0 Å². The second kappa shape index (κ2) is 7.47. The van der Waals surface area contributed by atoms with Gasteiger partial charge in [0, 0.05) is 18.7 Å². The molecule has 1 aromatic carbocycles. The molecule has 2 N–H and O–H groups in total. The van der Waals surface area contributed by atoms with Crippen LogP contribution in [0.5, 0.6) is 5.75 Å². The summed E-state index contributed by atoms with van der Waals surface area (Å²) in [5.41, 5.74) is 0.843. The van der Waals surface area contributed by atoms with Crippen LogP contribution in [0.15, 0.2) is 23.1 Å². The Morgan fingerprint density at radius 2 is 2.00 bits per heavy atom. The molecule has 0 aromatic heterocycles. The first kappa shape index (κ1) is 15.9. The normalized spacial score (nSPS) is 11.5. The SMILES string of the molecule is CCCOc1ccc(S(=O)(=O)NCC)cc1CNC. The molecule has 108 valence electrons. The summed E-state index contributed by atoms with van der Waals surface area (Å²) in [6.45, 7) is 5.34. The standard InChI is InChI=1S/C13H22N2O3S/c1-4-8-18-13-7-6-12(9-11(13)10-14-3)19(16,17)15-5-2/h6-7,9,14-15H,4-5,8,10H2,1-3H3. The fourth-order valence-corrected chi connectivity index (χ4v) is 2.77. The van der Waals surface area contributed by atoms with Crippen LogP contribution in [-0.4, -0.2) is 28.6 Å². The van der Waals surface area contributed by atoms with Gasteiger partial charge in [-0.05, 0) is 31.7 Å². The van der Waals surface area contributed by atoms with Crippen LogP contribution in [0, 0.1) is 0 Å². The molecule has 5 nitrogen and oxygen atoms in total. The summed E-state index contributed by atoms with van der Waals surface area (Å²) in [4.78, 5) is 0.267. The topological polar surface area (TPSA) is 67.4 Å². The smallest absolute Gasteiger partial charge is 0.240 e. The van der Waals surface area contributed by atoms with Crippen molar-refractivity contribution in [3.05, 3.63) is 23.8 Å². The van der Waals surface area contributed by atoms with Gasteiger partial charge in [0.2, 0.25) is 10.0 Å². The summed E-state index contributed by atoms with van der Waals surface area (Å²) >= 11 is 0. The molecule has 6 heteroatoms. The van der Waals surface area contributed by atoms with Gasteiger partial charge in [-0.25, -0.2) is 13.1 Å². The highest BCUT2D eigenvalue weighted by atomic mass is 32.2. The van der Waals surface area contributed by atoms with Gasteiger partial charge < -0.3 is 10.1 Å². The molecular formula is C13H22N2O3S. The lowest BCUT2D eigenvalue weighted by Crippen LogP contribution is -2.23. The molecular weight excluding hydrogens is 264 g/mol. The van der Waals surface area contributed by atoms with Gasteiger partial charge in [-0.1, -0.05) is 13.8 Å². The first-order valence-corrected chi connectivity index (χ1v) is 7.93. The Labute approximate surface area is 115 Å². The summed E-state index contributed by atoms with van der Waals surface area (Å²) in [6.07, 6.45) is 0.913. The van der Waals surface area contributed by atoms with Crippen molar-refractivity contribution in [2.24, 2.45) is 0 Å². The highest BCUT2D eigenvalue weighted by Gasteiger charge is 2.15. The molecule has 0 aliphatic carbocycles. The Hall–Kier alpha value is -1.11. The van der Waals surface area contributed by atoms with Crippen molar-refractivity contribution < 1.29 is 13.2 Å². The second-order valence-electron chi connectivity index (χ2n) is 4.15. The summed E-state index contributed by atoms with van der Waals surface area (Å²) in [6, 6.07) is 4.94. The highest BCUT2D eigenvalue weighted by molar-refractivity contribution is 7.89. The van der Waals surface area contributed by atoms with Crippen molar-refractivity contribution in [2.45, 2.75) is 31.7 Å². The third-order valence-electron chi connectivity index (χ3n) is 2.51. The zero-order chi connectivity index (χ0) is 14.3. The van der Waals surface area contributed by atoms with Crippen LogP contribution in [0.4, 0.5) is 0 Å². The van der Waals surface area contributed by atoms with E-state index in [0.29, 0.717) is 19.7 Å². The minimum atomic E-state index is -3.42. The van der Waals surface area contributed by atoms with Crippen LogP contribution in [-0.2, 0) is 16.6 Å². The number of rotatable bonds is 8. The van der Waals surface area contributed by atoms with Gasteiger partial charge in [0.15, 0.2) is 0 Å². The van der Waals surface area contributed by atoms with Crippen molar-refractivity contribution >= 4 is 10.0 Å². The minimum absolute atomic E-state index is 0.267. The quantitative estimate of drug-likeness (QED) is 0.760. The fourth-order valence-electron chi connectivity index (χ4n) is 1.68. The molecule has 0 bridgehead atoms. The largest absolute Gasteiger partial charge is 0.493 e. The third kappa shape index (κ3) is 4.49. The Kier molecular flexibility index (Phi) is 6.27. The van der Waals surface area contributed by atoms with Crippen LogP contribution >= 0.6 is 0 Å². The number of ether oxygens (including phenoxy) is 1. The lowest BCUT2D eigenvalue weighted by molar-refractivity contribution is 0.313. The number of hydrogen-bond acceptors (Lipinski definition) is 4. The monoisotopic (exact) mass is 286 g/mol. The van der Waals surface area contributed by atoms with E-state index in [0.717, 1.165) is 17.7 Å². The molecule has 0 heterocycles. The third-order valence-corrected chi connectivity index (χ3v) is 4.05. The Balaban J connectivity index is 3.08. The van der Waals surface area contributed by atoms with Crippen molar-refractivity contribution in [3.63, 3.8) is 0 Å². The van der Waals surface area contributed by atoms with Gasteiger partial charge >= 0.3 is 0 Å². The van der Waals surface area contributed by atoms with Gasteiger partial charge in [0.1, 0.15) is 5.75 Å². The molecule has 0 spiro atoms. The van der Waals surface area contributed by atoms with E-state index < -0.39 is 10.0 Å². The number of sulfonamides is 1. The predicted octanol–water partition coefficient (Wildman–Crippen LogP) is 1.49. The molecule has 0 unspecified atom stereocenters. The molecule has 0 aliphatic rings. The summed E-state index contributed by atoms with van der Waals surface area (Å²) in [5, 5.41) is 3.02. The summed E-state index contributed by atoms with van der Waals surface area (Å²) < 4.78 is 32.0. The predicted molar refractivity (Wildman–Crippen MR) is 75.9 cm³/mol. The summed E-state index contributed by atoms with van der Waals surface area (Å²) in [5.74, 6) is 0.728. The molecule has 0 saturated heterocycles. The van der Waals surface area contributed by atoms with Crippen LogP contribution in [0.25, 0.3) is 0 Å². The number of benzene rings is 1. The first-order chi connectivity index (χ1) is 9.05. The maximum absolute atomic E-state index is 11.9. The fraction of sp³-hybridized carbons (Fsp3) is 0.538. The molecule has 1 rings (SSSR count). The molecule has 1 aromatic rings. The van der Waals surface area contributed by atoms with E-state index in [1.807, 2.05) is 14.0 Å². The van der Waals surface area contributed by atoms with Crippen molar-refractivity contribution in [1.82, 2.24) is 10.0 Å². The van der Waals surface area contributed by atoms with Crippen LogP contribution in [0.2, 0.25) is 0 Å². The Bertz CT molecular complexity index is 501. The molecule has 0 saturated carbocycles. The average Bonchev–Trinajstić information content (AvgIpc) is 2.37. The van der Waals surface area contributed by atoms with Gasteiger partial charge in [0.05, 0.1) is 11.5 Å². The molecule has 0 fully saturated rings. The molecule has 0 radical (unpaired) electrons. The lowest BCUT2D eigenvalue weighted by Gasteiger charge is -2.13. The van der Waals surface area contributed by atoms with Gasteiger partial charge in [-0.15, -0.1) is 0 Å². The molecule has 0 aliphatic heterocycles. The minimum Gasteiger partial charge on any atom is -0.493 e. The molecule has 0 atom stereocenters. The Morgan fingerprint density at radius 1 is 1.26 bits per heavy atom. The number of nitrogens with one attached hydrogen (secondary N) is 2. The van der Waals surface area contributed by atoms with E-state index in [-0.39, 0.29) is 4.90 Å². The van der Waals surface area contributed by atoms with Gasteiger partial charge in [0.25, 0.3) is 0 Å². The molecule has 0 amide bonds. The average molecular weight is 286 g/mol. The zero-order valence-corrected chi connectivity index (χ0v) is 12.5. The maximum atomic E-state index is 11.9. The van der Waals surface area contributed by atoms with E-state index in [1.54, 1.807) is 25.1 Å². The van der Waals surface area contributed by atoms with Crippen molar-refractivity contribution in [2.75, 3.05) is 20.2 Å². The van der Waals surface area contributed by atoms with Crippen LogP contribution < -0.4 is 14.8 Å².